The molecule has 4 heterocycles. The second-order valence-corrected chi connectivity index (χ2v) is 11.9. The molecular formula is C22H28N7O6S2+. The number of rotatable bonds is 8. The van der Waals surface area contributed by atoms with Crippen LogP contribution in [0, 0.1) is 17.8 Å². The maximum absolute atomic E-state index is 13.1. The molecule has 5 N–H and O–H groups in total. The van der Waals surface area contributed by atoms with Gasteiger partial charge in [-0.2, -0.15) is 0 Å². The molecule has 4 atom stereocenters. The molecule has 13 nitrogen and oxygen atoms in total. The minimum atomic E-state index is -1.17. The maximum atomic E-state index is 13.1. The van der Waals surface area contributed by atoms with E-state index in [1.54, 1.807) is 12.4 Å². The number of quaternary nitrogens is 1. The maximum Gasteiger partial charge on any atom is 0.352 e. The zero-order chi connectivity index (χ0) is 26.6. The van der Waals surface area contributed by atoms with Gasteiger partial charge in [0, 0.05) is 35.6 Å². The van der Waals surface area contributed by atoms with Crippen LogP contribution < -0.4 is 16.4 Å². The molecule has 2 unspecified atom stereocenters. The van der Waals surface area contributed by atoms with Crippen molar-refractivity contribution in [2.45, 2.75) is 11.4 Å². The Hall–Kier alpha value is -3.17. The third-order valence-corrected chi connectivity index (χ3v) is 9.47. The fourth-order valence-corrected chi connectivity index (χ4v) is 7.77. The first kappa shape index (κ1) is 25.5. The number of fused-ring (bicyclic) bond motifs is 2. The molecule has 4 aliphatic rings. The summed E-state index contributed by atoms with van der Waals surface area (Å²) in [7, 11) is 5.00. The number of anilines is 1. The molecule has 2 saturated heterocycles. The number of piperidine rings is 1. The van der Waals surface area contributed by atoms with Gasteiger partial charge in [0.2, 0.25) is 5.91 Å². The predicted molar refractivity (Wildman–Crippen MR) is 135 cm³/mol. The Morgan fingerprint density at radius 2 is 2.05 bits per heavy atom. The number of thioether (sulfide) groups is 1. The van der Waals surface area contributed by atoms with E-state index in [2.05, 4.69) is 27.8 Å². The van der Waals surface area contributed by atoms with Gasteiger partial charge in [0.05, 0.1) is 26.1 Å². The van der Waals surface area contributed by atoms with E-state index in [1.165, 1.54) is 23.8 Å². The predicted octanol–water partition coefficient (Wildman–Crippen LogP) is -1.12. The van der Waals surface area contributed by atoms with Crippen LogP contribution in [0.15, 0.2) is 21.8 Å². The second-order valence-electron chi connectivity index (χ2n) is 9.92. The summed E-state index contributed by atoms with van der Waals surface area (Å²) in [5.41, 5.74) is 6.42. The number of likely N-dealkylation sites (tertiary alicyclic amines) is 1. The SMILES string of the molecule is CNC(=O)C1C2C[N+](C)(CC3=C(C(=O)O)N4C(=O)[C@@H](NC(=O)/C(=N\OC)c5csc(N)n5)[C@@H]4SC3)CC21. The largest absolute Gasteiger partial charge is 0.477 e. The number of hydrogen-bond acceptors (Lipinski definition) is 10. The van der Waals surface area contributed by atoms with E-state index in [0.29, 0.717) is 34.2 Å². The molecule has 15 heteroatoms. The Morgan fingerprint density at radius 3 is 2.62 bits per heavy atom. The number of nitrogens with two attached hydrogens (primary N) is 1. The fourth-order valence-electron chi connectivity index (χ4n) is 5.89. The van der Waals surface area contributed by atoms with Crippen LogP contribution in [-0.2, 0) is 24.0 Å². The quantitative estimate of drug-likeness (QED) is 0.135. The summed E-state index contributed by atoms with van der Waals surface area (Å²) in [5, 5.41) is 20.4. The minimum absolute atomic E-state index is 0.0138. The van der Waals surface area contributed by atoms with Gasteiger partial charge in [-0.05, 0) is 0 Å². The molecule has 0 bridgehead atoms. The molecule has 3 aliphatic heterocycles. The summed E-state index contributed by atoms with van der Waals surface area (Å²) in [6, 6.07) is -0.913. The van der Waals surface area contributed by atoms with Crippen molar-refractivity contribution in [1.29, 1.82) is 0 Å². The highest BCUT2D eigenvalue weighted by molar-refractivity contribution is 8.00. The number of carboxylic acid groups (broad SMARTS) is 1. The van der Waals surface area contributed by atoms with E-state index in [-0.39, 0.29) is 34.1 Å². The summed E-state index contributed by atoms with van der Waals surface area (Å²) in [6.07, 6.45) is 0. The van der Waals surface area contributed by atoms with Crippen molar-refractivity contribution >= 4 is 57.6 Å². The molecule has 3 fully saturated rings. The summed E-state index contributed by atoms with van der Waals surface area (Å²) < 4.78 is 0.635. The monoisotopic (exact) mass is 550 g/mol. The van der Waals surface area contributed by atoms with Crippen molar-refractivity contribution in [1.82, 2.24) is 20.5 Å². The van der Waals surface area contributed by atoms with Crippen LogP contribution in [0.5, 0.6) is 0 Å². The number of carbonyl (C=O) groups excluding carboxylic acids is 3. The van der Waals surface area contributed by atoms with Crippen LogP contribution in [0.4, 0.5) is 5.13 Å². The molecule has 198 valence electrons. The zero-order valence-corrected chi connectivity index (χ0v) is 22.1. The Balaban J connectivity index is 1.29. The highest BCUT2D eigenvalue weighted by Crippen LogP contribution is 2.54. The van der Waals surface area contributed by atoms with Gasteiger partial charge >= 0.3 is 5.97 Å². The highest BCUT2D eigenvalue weighted by Gasteiger charge is 2.65. The Labute approximate surface area is 220 Å². The van der Waals surface area contributed by atoms with Crippen molar-refractivity contribution < 1.29 is 33.6 Å². The Morgan fingerprint density at radius 1 is 1.35 bits per heavy atom. The van der Waals surface area contributed by atoms with Gasteiger partial charge < -0.3 is 30.8 Å². The lowest BCUT2D eigenvalue weighted by atomic mass is 10.0. The van der Waals surface area contributed by atoms with Crippen molar-refractivity contribution in [3.63, 3.8) is 0 Å². The molecule has 1 saturated carbocycles. The average Bonchev–Trinajstić information content (AvgIpc) is 3.14. The molecule has 1 aliphatic carbocycles. The van der Waals surface area contributed by atoms with E-state index in [1.807, 2.05) is 0 Å². The number of nitrogen functional groups attached to an aromatic ring is 1. The second kappa shape index (κ2) is 9.29. The van der Waals surface area contributed by atoms with Gasteiger partial charge in [-0.25, -0.2) is 9.78 Å². The Bertz CT molecular complexity index is 1230. The topological polar surface area (TPSA) is 176 Å². The van der Waals surface area contributed by atoms with Crippen LogP contribution in [0.3, 0.4) is 0 Å². The molecule has 3 amide bonds. The number of likely N-dealkylation sites (N-methyl/N-ethyl adjacent to an activating group) is 1. The lowest BCUT2D eigenvalue weighted by molar-refractivity contribution is -0.898. The van der Waals surface area contributed by atoms with E-state index in [0.717, 1.165) is 24.4 Å². The van der Waals surface area contributed by atoms with E-state index in [9.17, 15) is 24.3 Å². The standard InChI is InChI=1S/C22H27N7O6S2/c1-24-17(30)13-10-5-29(2,6-11(10)13)4-9-7-36-20-15(19(32)28(20)16(9)21(33)34)26-18(31)14(27-35-3)12-8-37-22(23)25-12/h8,10-11,13,15,20H,4-7H2,1-3H3,(H4-,23,24,25,26,30,31,33,34)/p+1/b27-14-/t10?,11?,13?,15-,20+,29?/m1/s1. The fraction of sp³-hybridized carbons (Fsp3) is 0.545. The van der Waals surface area contributed by atoms with Crippen LogP contribution in [0.2, 0.25) is 0 Å². The molecule has 1 aromatic heterocycles. The van der Waals surface area contributed by atoms with Gasteiger partial charge in [0.15, 0.2) is 10.8 Å². The van der Waals surface area contributed by atoms with Gasteiger partial charge in [-0.15, -0.1) is 23.1 Å². The number of aliphatic carboxylic acids is 1. The number of nitrogens with one attached hydrogen (secondary N) is 2. The van der Waals surface area contributed by atoms with Crippen LogP contribution in [-0.4, -0.2) is 107 Å². The summed E-state index contributed by atoms with van der Waals surface area (Å²) in [4.78, 5) is 60.4. The number of nitrogens with zero attached hydrogens (tertiary/aromatic N) is 4. The number of aromatic nitrogens is 1. The number of carbonyl (C=O) groups is 4. The molecule has 0 spiro atoms. The first-order valence-corrected chi connectivity index (χ1v) is 13.6. The van der Waals surface area contributed by atoms with E-state index < -0.39 is 29.2 Å². The first-order chi connectivity index (χ1) is 17.6. The van der Waals surface area contributed by atoms with Gasteiger partial charge in [-0.1, -0.05) is 5.16 Å². The van der Waals surface area contributed by atoms with Gasteiger partial charge in [0.1, 0.15) is 36.5 Å². The number of hydrogen-bond donors (Lipinski definition) is 4. The van der Waals surface area contributed by atoms with E-state index in [4.69, 9.17) is 10.6 Å². The van der Waals surface area contributed by atoms with Crippen molar-refractivity contribution in [2.75, 3.05) is 52.3 Å². The summed E-state index contributed by atoms with van der Waals surface area (Å²) in [5.74, 6) is -1.18. The molecule has 1 aromatic rings. The first-order valence-electron chi connectivity index (χ1n) is 11.7. The lowest BCUT2D eigenvalue weighted by Crippen LogP contribution is -2.71. The summed E-state index contributed by atoms with van der Waals surface area (Å²) >= 11 is 2.55. The summed E-state index contributed by atoms with van der Waals surface area (Å²) in [6.45, 7) is 2.08. The van der Waals surface area contributed by atoms with Crippen LogP contribution >= 0.6 is 23.1 Å². The molecular weight excluding hydrogens is 522 g/mol. The van der Waals surface area contributed by atoms with Gasteiger partial charge in [0.25, 0.3) is 11.8 Å². The molecule has 37 heavy (non-hydrogen) atoms. The van der Waals surface area contributed by atoms with Crippen molar-refractivity contribution in [2.24, 2.45) is 22.9 Å². The molecule has 0 aromatic carbocycles. The van der Waals surface area contributed by atoms with Crippen LogP contribution in [0.1, 0.15) is 5.69 Å². The van der Waals surface area contributed by atoms with Crippen molar-refractivity contribution in [3.8, 4) is 0 Å². The van der Waals surface area contributed by atoms with Crippen LogP contribution in [0.25, 0.3) is 0 Å². The Kier molecular flexibility index (Phi) is 6.40. The third-order valence-electron chi connectivity index (χ3n) is 7.46. The minimum Gasteiger partial charge on any atom is -0.477 e. The number of oxime groups is 1. The third kappa shape index (κ3) is 4.34. The lowest BCUT2D eigenvalue weighted by Gasteiger charge is -2.50. The van der Waals surface area contributed by atoms with Gasteiger partial charge in [-0.3, -0.25) is 19.3 Å². The molecule has 5 rings (SSSR count). The zero-order valence-electron chi connectivity index (χ0n) is 20.5. The normalized spacial score (nSPS) is 32.3. The van der Waals surface area contributed by atoms with E-state index >= 15 is 0 Å². The molecule has 0 radical (unpaired) electrons. The number of β-lactam (4-membered cyclic amide) rings is 1. The highest BCUT2D eigenvalue weighted by atomic mass is 32.2. The smallest absolute Gasteiger partial charge is 0.352 e. The van der Waals surface area contributed by atoms with Crippen molar-refractivity contribution in [3.05, 3.63) is 22.3 Å². The number of carboxylic acids is 1. The number of thiazole rings is 1. The average molecular weight is 551 g/mol. The number of amides is 3.